The minimum Gasteiger partial charge on any atom is -0.370 e. The highest BCUT2D eigenvalue weighted by Gasteiger charge is 2.17. The molecule has 0 fully saturated rings. The quantitative estimate of drug-likeness (QED) is 0.784. The fraction of sp³-hybridized carbons (Fsp3) is 0.400. The van der Waals surface area contributed by atoms with Crippen LogP contribution in [0, 0.1) is 0 Å². The number of pyridine rings is 1. The van der Waals surface area contributed by atoms with Gasteiger partial charge in [-0.15, -0.1) is 5.10 Å². The summed E-state index contributed by atoms with van der Waals surface area (Å²) in [7, 11) is -2.21. The van der Waals surface area contributed by atoms with Crippen LogP contribution in [0.1, 0.15) is 13.3 Å². The van der Waals surface area contributed by atoms with Gasteiger partial charge in [0.05, 0.1) is 7.05 Å². The topological polar surface area (TPSA) is 115 Å². The highest BCUT2D eigenvalue weighted by molar-refractivity contribution is 7.92. The smallest absolute Gasteiger partial charge is 0.277 e. The van der Waals surface area contributed by atoms with Crippen molar-refractivity contribution in [2.24, 2.45) is 7.05 Å². The van der Waals surface area contributed by atoms with E-state index >= 15 is 0 Å². The second kappa shape index (κ2) is 5.82. The summed E-state index contributed by atoms with van der Waals surface area (Å²) in [4.78, 5) is 5.23. The first-order valence-electron chi connectivity index (χ1n) is 5.98. The average Bonchev–Trinajstić information content (AvgIpc) is 2.81. The molecule has 0 spiro atoms. The molecular weight excluding hydrogens is 282 g/mol. The van der Waals surface area contributed by atoms with Gasteiger partial charge < -0.3 is 5.32 Å². The van der Waals surface area contributed by atoms with E-state index < -0.39 is 10.0 Å². The summed E-state index contributed by atoms with van der Waals surface area (Å²) < 4.78 is 26.3. The highest BCUT2D eigenvalue weighted by atomic mass is 32.2. The van der Waals surface area contributed by atoms with Gasteiger partial charge in [-0.1, -0.05) is 12.0 Å². The molecule has 0 aliphatic carbocycles. The molecule has 2 N–H and O–H groups in total. The SMILES string of the molecule is CCCNc1ccc(S(=O)(=O)Nc2nnn(C)n2)cn1. The molecule has 2 heterocycles. The maximum atomic E-state index is 12.0. The standard InChI is InChI=1S/C10H15N7O2S/c1-3-6-11-9-5-4-8(7-12-9)20(18,19)15-10-13-16-17(2)14-10/h4-5,7H,3,6H2,1-2H3,(H,11,12)(H,14,15). The van der Waals surface area contributed by atoms with Crippen LogP contribution in [0.15, 0.2) is 23.2 Å². The van der Waals surface area contributed by atoms with E-state index in [2.05, 4.69) is 30.4 Å². The Morgan fingerprint density at radius 2 is 2.15 bits per heavy atom. The normalized spacial score (nSPS) is 11.3. The molecule has 0 saturated heterocycles. The second-order valence-corrected chi connectivity index (χ2v) is 5.70. The minimum absolute atomic E-state index is 0.0343. The molecule has 9 nitrogen and oxygen atoms in total. The zero-order chi connectivity index (χ0) is 14.6. The summed E-state index contributed by atoms with van der Waals surface area (Å²) >= 11 is 0. The van der Waals surface area contributed by atoms with Crippen molar-refractivity contribution in [2.45, 2.75) is 18.2 Å². The fourth-order valence-corrected chi connectivity index (χ4v) is 2.28. The van der Waals surface area contributed by atoms with Gasteiger partial charge in [0.1, 0.15) is 10.7 Å². The third-order valence-electron chi connectivity index (χ3n) is 2.34. The lowest BCUT2D eigenvalue weighted by atomic mass is 10.4. The van der Waals surface area contributed by atoms with E-state index in [4.69, 9.17) is 0 Å². The molecular formula is C10H15N7O2S. The number of nitrogens with zero attached hydrogens (tertiary/aromatic N) is 5. The molecule has 0 bridgehead atoms. The van der Waals surface area contributed by atoms with Gasteiger partial charge in [-0.05, 0) is 23.8 Å². The number of aromatic nitrogens is 5. The summed E-state index contributed by atoms with van der Waals surface area (Å²) in [5.41, 5.74) is 0. The lowest BCUT2D eigenvalue weighted by Crippen LogP contribution is -2.14. The number of tetrazole rings is 1. The Hall–Kier alpha value is -2.23. The third kappa shape index (κ3) is 3.41. The third-order valence-corrected chi connectivity index (χ3v) is 3.65. The average molecular weight is 297 g/mol. The first kappa shape index (κ1) is 14.2. The van der Waals surface area contributed by atoms with Gasteiger partial charge in [0.2, 0.25) is 0 Å². The number of sulfonamides is 1. The van der Waals surface area contributed by atoms with E-state index in [1.54, 1.807) is 13.1 Å². The van der Waals surface area contributed by atoms with Crippen molar-refractivity contribution in [3.05, 3.63) is 18.3 Å². The summed E-state index contributed by atoms with van der Waals surface area (Å²) in [5, 5.41) is 13.9. The Morgan fingerprint density at radius 3 is 2.70 bits per heavy atom. The molecule has 10 heteroatoms. The van der Waals surface area contributed by atoms with Crippen LogP contribution in [0.4, 0.5) is 11.8 Å². The Balaban J connectivity index is 2.13. The van der Waals surface area contributed by atoms with Gasteiger partial charge in [0, 0.05) is 12.7 Å². The number of rotatable bonds is 6. The van der Waals surface area contributed by atoms with Crippen LogP contribution in [0.3, 0.4) is 0 Å². The van der Waals surface area contributed by atoms with Crippen molar-refractivity contribution in [1.82, 2.24) is 25.2 Å². The van der Waals surface area contributed by atoms with Crippen LogP contribution in [0.5, 0.6) is 0 Å². The van der Waals surface area contributed by atoms with Crippen molar-refractivity contribution >= 4 is 21.8 Å². The van der Waals surface area contributed by atoms with Crippen molar-refractivity contribution < 1.29 is 8.42 Å². The molecule has 108 valence electrons. The lowest BCUT2D eigenvalue weighted by molar-refractivity contribution is 0.600. The number of hydrogen-bond donors (Lipinski definition) is 2. The Bertz CT molecular complexity index is 665. The zero-order valence-corrected chi connectivity index (χ0v) is 11.9. The van der Waals surface area contributed by atoms with Crippen LogP contribution >= 0.6 is 0 Å². The second-order valence-electron chi connectivity index (χ2n) is 4.01. The summed E-state index contributed by atoms with van der Waals surface area (Å²) in [6, 6.07) is 3.07. The maximum absolute atomic E-state index is 12.0. The van der Waals surface area contributed by atoms with Gasteiger partial charge in [-0.25, -0.2) is 18.1 Å². The molecule has 0 unspecified atom stereocenters. The molecule has 0 aliphatic rings. The molecule has 20 heavy (non-hydrogen) atoms. The van der Waals surface area contributed by atoms with Gasteiger partial charge in [0.25, 0.3) is 16.0 Å². The van der Waals surface area contributed by atoms with Crippen molar-refractivity contribution in [3.8, 4) is 0 Å². The van der Waals surface area contributed by atoms with E-state index in [0.717, 1.165) is 17.8 Å². The highest BCUT2D eigenvalue weighted by Crippen LogP contribution is 2.13. The van der Waals surface area contributed by atoms with Crippen LogP contribution in [0.2, 0.25) is 0 Å². The van der Waals surface area contributed by atoms with Crippen LogP contribution < -0.4 is 10.0 Å². The van der Waals surface area contributed by atoms with Crippen molar-refractivity contribution in [2.75, 3.05) is 16.6 Å². The number of hydrogen-bond acceptors (Lipinski definition) is 7. The Kier molecular flexibility index (Phi) is 4.13. The molecule has 2 rings (SSSR count). The molecule has 0 radical (unpaired) electrons. The number of aryl methyl sites for hydroxylation is 1. The van der Waals surface area contributed by atoms with Gasteiger partial charge in [-0.2, -0.15) is 4.80 Å². The molecule has 0 aromatic carbocycles. The monoisotopic (exact) mass is 297 g/mol. The predicted octanol–water partition coefficient (Wildman–Crippen LogP) is 0.228. The van der Waals surface area contributed by atoms with E-state index in [1.165, 1.54) is 12.3 Å². The molecule has 0 amide bonds. The van der Waals surface area contributed by atoms with Gasteiger partial charge in [0.15, 0.2) is 0 Å². The number of anilines is 2. The van der Waals surface area contributed by atoms with E-state index in [1.807, 2.05) is 6.92 Å². The Morgan fingerprint density at radius 1 is 1.35 bits per heavy atom. The van der Waals surface area contributed by atoms with E-state index in [-0.39, 0.29) is 10.8 Å². The van der Waals surface area contributed by atoms with E-state index in [9.17, 15) is 8.42 Å². The summed E-state index contributed by atoms with van der Waals surface area (Å²) in [6.07, 6.45) is 2.23. The molecule has 2 aromatic rings. The van der Waals surface area contributed by atoms with Crippen molar-refractivity contribution in [3.63, 3.8) is 0 Å². The van der Waals surface area contributed by atoms with Crippen LogP contribution in [-0.4, -0.2) is 40.2 Å². The largest absolute Gasteiger partial charge is 0.370 e. The van der Waals surface area contributed by atoms with E-state index in [0.29, 0.717) is 5.82 Å². The van der Waals surface area contributed by atoms with Crippen molar-refractivity contribution in [1.29, 1.82) is 0 Å². The minimum atomic E-state index is -3.76. The molecule has 0 atom stereocenters. The first-order chi connectivity index (χ1) is 9.51. The zero-order valence-electron chi connectivity index (χ0n) is 11.1. The maximum Gasteiger partial charge on any atom is 0.277 e. The first-order valence-corrected chi connectivity index (χ1v) is 7.46. The summed E-state index contributed by atoms with van der Waals surface area (Å²) in [6.45, 7) is 2.81. The lowest BCUT2D eigenvalue weighted by Gasteiger charge is -2.06. The Labute approximate surface area is 116 Å². The van der Waals surface area contributed by atoms with Gasteiger partial charge >= 0.3 is 0 Å². The van der Waals surface area contributed by atoms with Crippen LogP contribution in [-0.2, 0) is 17.1 Å². The number of nitrogens with one attached hydrogen (secondary N) is 2. The predicted molar refractivity (Wildman–Crippen MR) is 72.6 cm³/mol. The van der Waals surface area contributed by atoms with Gasteiger partial charge in [-0.3, -0.25) is 0 Å². The van der Waals surface area contributed by atoms with Crippen LogP contribution in [0.25, 0.3) is 0 Å². The molecule has 2 aromatic heterocycles. The summed E-state index contributed by atoms with van der Waals surface area (Å²) in [5.74, 6) is 0.545. The molecule has 0 saturated carbocycles. The fourth-order valence-electron chi connectivity index (χ4n) is 1.40. The molecule has 0 aliphatic heterocycles.